The van der Waals surface area contributed by atoms with Gasteiger partial charge in [0.05, 0.1) is 10.6 Å². The van der Waals surface area contributed by atoms with E-state index in [9.17, 15) is 14.9 Å². The number of hydrogen-bond acceptors (Lipinski definition) is 6. The van der Waals surface area contributed by atoms with Crippen LogP contribution in [0.2, 0.25) is 5.02 Å². The molecule has 10 heteroatoms. The third-order valence-corrected chi connectivity index (χ3v) is 5.21. The lowest BCUT2D eigenvalue weighted by Crippen LogP contribution is -2.30. The minimum atomic E-state index is -0.570. The topological polar surface area (TPSA) is 97.9 Å². The molecule has 1 aliphatic heterocycles. The van der Waals surface area contributed by atoms with Crippen LogP contribution in [0.3, 0.4) is 0 Å². The van der Waals surface area contributed by atoms with Gasteiger partial charge in [-0.1, -0.05) is 29.8 Å². The maximum absolute atomic E-state index is 12.9. The molecule has 0 saturated carbocycles. The Balaban J connectivity index is 1.49. The van der Waals surface area contributed by atoms with Gasteiger partial charge >= 0.3 is 5.69 Å². The molecule has 162 valence electrons. The largest absolute Gasteiger partial charge is 0.479 e. The summed E-state index contributed by atoms with van der Waals surface area (Å²) in [6.07, 6.45) is 1.54. The summed E-state index contributed by atoms with van der Waals surface area (Å²) in [5.41, 5.74) is 1.65. The predicted molar refractivity (Wildman–Crippen MR) is 124 cm³/mol. The molecule has 1 saturated heterocycles. The summed E-state index contributed by atoms with van der Waals surface area (Å²) in [6, 6.07) is 14.9. The molecule has 0 bridgehead atoms. The van der Waals surface area contributed by atoms with Crippen molar-refractivity contribution in [2.45, 2.75) is 13.5 Å². The van der Waals surface area contributed by atoms with Crippen LogP contribution in [0.4, 0.5) is 11.4 Å². The number of nitrogens with zero attached hydrogens (tertiary/aromatic N) is 2. The van der Waals surface area contributed by atoms with Crippen LogP contribution in [0.25, 0.3) is 6.08 Å². The fourth-order valence-corrected chi connectivity index (χ4v) is 3.62. The van der Waals surface area contributed by atoms with E-state index in [0.29, 0.717) is 17.2 Å². The normalized spacial score (nSPS) is 14.7. The van der Waals surface area contributed by atoms with Crippen molar-refractivity contribution in [2.75, 3.05) is 4.90 Å². The molecule has 0 radical (unpaired) electrons. The second-order valence-corrected chi connectivity index (χ2v) is 7.70. The quantitative estimate of drug-likeness (QED) is 0.235. The van der Waals surface area contributed by atoms with Crippen molar-refractivity contribution in [3.8, 4) is 5.75 Å². The van der Waals surface area contributed by atoms with E-state index in [4.69, 9.17) is 33.0 Å². The zero-order valence-corrected chi connectivity index (χ0v) is 18.3. The first kappa shape index (κ1) is 21.5. The van der Waals surface area contributed by atoms with Gasteiger partial charge in [-0.3, -0.25) is 19.8 Å². The summed E-state index contributed by atoms with van der Waals surface area (Å²) in [5, 5.41) is 14.6. The van der Waals surface area contributed by atoms with Crippen LogP contribution in [0, 0.1) is 17.0 Å². The molecule has 8 nitrogen and oxygen atoms in total. The number of benzene rings is 2. The molecule has 1 aliphatic rings. The number of halogens is 1. The van der Waals surface area contributed by atoms with E-state index in [1.807, 2.05) is 31.2 Å². The lowest BCUT2D eigenvalue weighted by Gasteiger charge is -2.16. The number of rotatable bonds is 6. The zero-order chi connectivity index (χ0) is 22.8. The Morgan fingerprint density at radius 2 is 2.03 bits per heavy atom. The third-order valence-electron chi connectivity index (χ3n) is 4.69. The lowest BCUT2D eigenvalue weighted by molar-refractivity contribution is -0.385. The molecule has 1 fully saturated rings. The van der Waals surface area contributed by atoms with Crippen molar-refractivity contribution in [1.29, 1.82) is 0 Å². The first-order valence-electron chi connectivity index (χ1n) is 9.41. The highest BCUT2D eigenvalue weighted by molar-refractivity contribution is 7.80. The molecule has 2 aromatic carbocycles. The zero-order valence-electron chi connectivity index (χ0n) is 16.7. The maximum atomic E-state index is 12.9. The van der Waals surface area contributed by atoms with E-state index in [1.165, 1.54) is 23.1 Å². The number of nitro groups is 1. The highest BCUT2D eigenvalue weighted by atomic mass is 35.5. The first-order chi connectivity index (χ1) is 15.3. The monoisotopic (exact) mass is 469 g/mol. The van der Waals surface area contributed by atoms with Crippen molar-refractivity contribution in [2.24, 2.45) is 0 Å². The molecule has 0 atom stereocenters. The van der Waals surface area contributed by atoms with Crippen LogP contribution in [0.5, 0.6) is 5.75 Å². The van der Waals surface area contributed by atoms with E-state index < -0.39 is 4.92 Å². The SMILES string of the molecule is Cc1ccccc1N1C(=O)/C(=C\c2ccc(COc3ccc(Cl)cc3[N+](=O)[O-])o2)NC1=S. The molecule has 0 aliphatic carbocycles. The Bertz CT molecular complexity index is 1270. The molecule has 1 aromatic heterocycles. The number of carbonyl (C=O) groups is 1. The van der Waals surface area contributed by atoms with Gasteiger partial charge in [0, 0.05) is 17.2 Å². The molecule has 2 heterocycles. The van der Waals surface area contributed by atoms with Gasteiger partial charge < -0.3 is 14.5 Å². The summed E-state index contributed by atoms with van der Waals surface area (Å²) < 4.78 is 11.2. The number of nitro benzene ring substituents is 1. The fourth-order valence-electron chi connectivity index (χ4n) is 3.16. The molecule has 3 aromatic rings. The van der Waals surface area contributed by atoms with E-state index in [-0.39, 0.29) is 39.8 Å². The highest BCUT2D eigenvalue weighted by Crippen LogP contribution is 2.31. The number of para-hydroxylation sites is 1. The van der Waals surface area contributed by atoms with Gasteiger partial charge in [-0.25, -0.2) is 0 Å². The molecule has 0 spiro atoms. The van der Waals surface area contributed by atoms with E-state index in [1.54, 1.807) is 18.2 Å². The number of anilines is 1. The van der Waals surface area contributed by atoms with E-state index >= 15 is 0 Å². The van der Waals surface area contributed by atoms with Gasteiger partial charge in [0.2, 0.25) is 0 Å². The number of hydrogen-bond donors (Lipinski definition) is 1. The Morgan fingerprint density at radius 1 is 1.25 bits per heavy atom. The van der Waals surface area contributed by atoms with Gasteiger partial charge in [0.1, 0.15) is 23.8 Å². The number of furan rings is 1. The molecule has 1 N–H and O–H groups in total. The second kappa shape index (κ2) is 8.81. The van der Waals surface area contributed by atoms with Gasteiger partial charge in [0.25, 0.3) is 5.91 Å². The fraction of sp³-hybridized carbons (Fsp3) is 0.0909. The molecular weight excluding hydrogens is 454 g/mol. The number of thiocarbonyl (C=S) groups is 1. The van der Waals surface area contributed by atoms with E-state index in [0.717, 1.165) is 5.56 Å². The van der Waals surface area contributed by atoms with Crippen LogP contribution in [0.15, 0.2) is 64.7 Å². The summed E-state index contributed by atoms with van der Waals surface area (Å²) in [6.45, 7) is 1.86. The first-order valence-corrected chi connectivity index (χ1v) is 10.2. The second-order valence-electron chi connectivity index (χ2n) is 6.88. The third kappa shape index (κ3) is 4.34. The van der Waals surface area contributed by atoms with E-state index in [2.05, 4.69) is 5.32 Å². The van der Waals surface area contributed by atoms with Crippen molar-refractivity contribution in [3.05, 3.63) is 92.5 Å². The number of aryl methyl sites for hydroxylation is 1. The number of nitrogens with one attached hydrogen (secondary N) is 1. The van der Waals surface area contributed by atoms with Crippen LogP contribution >= 0.6 is 23.8 Å². The van der Waals surface area contributed by atoms with Crippen molar-refractivity contribution < 1.29 is 18.9 Å². The summed E-state index contributed by atoms with van der Waals surface area (Å²) in [7, 11) is 0. The van der Waals surface area contributed by atoms with Crippen LogP contribution in [-0.4, -0.2) is 15.9 Å². The van der Waals surface area contributed by atoms with Gasteiger partial charge in [-0.05, 0) is 55.0 Å². The average molecular weight is 470 g/mol. The smallest absolute Gasteiger partial charge is 0.312 e. The Labute approximate surface area is 193 Å². The molecule has 4 rings (SSSR count). The predicted octanol–water partition coefficient (Wildman–Crippen LogP) is 4.99. The average Bonchev–Trinajstić information content (AvgIpc) is 3.31. The van der Waals surface area contributed by atoms with Gasteiger partial charge in [-0.2, -0.15) is 0 Å². The van der Waals surface area contributed by atoms with Crippen molar-refractivity contribution in [1.82, 2.24) is 5.32 Å². The molecule has 0 unspecified atom stereocenters. The summed E-state index contributed by atoms with van der Waals surface area (Å²) >= 11 is 11.1. The van der Waals surface area contributed by atoms with Crippen molar-refractivity contribution >= 4 is 52.3 Å². The van der Waals surface area contributed by atoms with Crippen LogP contribution in [0.1, 0.15) is 17.1 Å². The minimum absolute atomic E-state index is 0.0409. The minimum Gasteiger partial charge on any atom is -0.479 e. The number of amides is 1. The van der Waals surface area contributed by atoms with Crippen LogP contribution in [-0.2, 0) is 11.4 Å². The van der Waals surface area contributed by atoms with Gasteiger partial charge in [-0.15, -0.1) is 0 Å². The number of carbonyl (C=O) groups excluding carboxylic acids is 1. The van der Waals surface area contributed by atoms with Gasteiger partial charge in [0.15, 0.2) is 10.9 Å². The number of ether oxygens (including phenoxy) is 1. The van der Waals surface area contributed by atoms with Crippen LogP contribution < -0.4 is 15.0 Å². The summed E-state index contributed by atoms with van der Waals surface area (Å²) in [5.74, 6) is 0.599. The van der Waals surface area contributed by atoms with Crippen molar-refractivity contribution in [3.63, 3.8) is 0 Å². The highest BCUT2D eigenvalue weighted by Gasteiger charge is 2.33. The molecule has 1 amide bonds. The summed E-state index contributed by atoms with van der Waals surface area (Å²) in [4.78, 5) is 24.9. The standard InChI is InChI=1S/C22H16ClN3O5S/c1-13-4-2-3-5-18(13)25-21(27)17(24-22(25)32)11-15-7-8-16(31-15)12-30-20-9-6-14(23)10-19(20)26(28)29/h2-11H,12H2,1H3,(H,24,32)/b17-11+. The molecular formula is C22H16ClN3O5S. The maximum Gasteiger partial charge on any atom is 0.312 e. The Morgan fingerprint density at radius 3 is 2.78 bits per heavy atom. The Kier molecular flexibility index (Phi) is 5.93. The Hall–Kier alpha value is -3.69. The lowest BCUT2D eigenvalue weighted by atomic mass is 10.2. The molecule has 32 heavy (non-hydrogen) atoms.